The van der Waals surface area contributed by atoms with Gasteiger partial charge in [0, 0.05) is 10.8 Å². The summed E-state index contributed by atoms with van der Waals surface area (Å²) in [7, 11) is 0. The van der Waals surface area contributed by atoms with Gasteiger partial charge < -0.3 is 4.42 Å². The molecule has 3 aromatic carbocycles. The van der Waals surface area contributed by atoms with E-state index in [-0.39, 0.29) is 5.38 Å². The van der Waals surface area contributed by atoms with Crippen molar-refractivity contribution in [3.05, 3.63) is 83.9 Å². The summed E-state index contributed by atoms with van der Waals surface area (Å²) in [5.74, 6) is 0. The first-order valence-corrected chi connectivity index (χ1v) is 7.37. The standard InChI is InChI=1S/C19H13ClO/c20-19(13-6-2-1-3-7-13)14-10-11-18-16(12-14)15-8-4-5-9-17(15)21-18/h1-12,19H. The topological polar surface area (TPSA) is 13.1 Å². The van der Waals surface area contributed by atoms with Crippen LogP contribution < -0.4 is 0 Å². The summed E-state index contributed by atoms with van der Waals surface area (Å²) in [5.41, 5.74) is 4.00. The molecule has 0 saturated heterocycles. The average molecular weight is 293 g/mol. The second-order valence-corrected chi connectivity index (χ2v) is 5.56. The van der Waals surface area contributed by atoms with Gasteiger partial charge in [0.15, 0.2) is 0 Å². The van der Waals surface area contributed by atoms with Crippen molar-refractivity contribution >= 4 is 33.5 Å². The van der Waals surface area contributed by atoms with E-state index in [4.69, 9.17) is 16.0 Å². The van der Waals surface area contributed by atoms with E-state index in [1.807, 2.05) is 48.5 Å². The van der Waals surface area contributed by atoms with Gasteiger partial charge in [0.1, 0.15) is 11.2 Å². The van der Waals surface area contributed by atoms with Crippen LogP contribution in [0, 0.1) is 0 Å². The first-order chi connectivity index (χ1) is 10.3. The Balaban J connectivity index is 1.88. The van der Waals surface area contributed by atoms with Crippen LogP contribution in [0.25, 0.3) is 21.9 Å². The predicted molar refractivity (Wildman–Crippen MR) is 87.9 cm³/mol. The molecule has 4 aromatic rings. The summed E-state index contributed by atoms with van der Waals surface area (Å²) in [4.78, 5) is 0. The van der Waals surface area contributed by atoms with Gasteiger partial charge in [0.2, 0.25) is 0 Å². The molecular formula is C19H13ClO. The summed E-state index contributed by atoms with van der Waals surface area (Å²) in [6.07, 6.45) is 0. The minimum Gasteiger partial charge on any atom is -0.456 e. The zero-order valence-electron chi connectivity index (χ0n) is 11.3. The van der Waals surface area contributed by atoms with Gasteiger partial charge in [-0.2, -0.15) is 0 Å². The summed E-state index contributed by atoms with van der Waals surface area (Å²) < 4.78 is 5.85. The van der Waals surface area contributed by atoms with Crippen LogP contribution in [0.2, 0.25) is 0 Å². The van der Waals surface area contributed by atoms with Crippen LogP contribution in [-0.2, 0) is 0 Å². The third-order valence-corrected chi connectivity index (χ3v) is 4.29. The molecule has 2 heteroatoms. The maximum absolute atomic E-state index is 6.62. The van der Waals surface area contributed by atoms with E-state index in [1.54, 1.807) is 0 Å². The maximum atomic E-state index is 6.62. The molecule has 0 saturated carbocycles. The Hall–Kier alpha value is -2.25. The Labute approximate surface area is 127 Å². The zero-order chi connectivity index (χ0) is 14.2. The molecule has 1 atom stereocenters. The Morgan fingerprint density at radius 3 is 2.24 bits per heavy atom. The fourth-order valence-electron chi connectivity index (χ4n) is 2.72. The molecule has 0 fully saturated rings. The smallest absolute Gasteiger partial charge is 0.135 e. The molecule has 0 bridgehead atoms. The number of halogens is 1. The van der Waals surface area contributed by atoms with E-state index in [0.29, 0.717) is 0 Å². The first-order valence-electron chi connectivity index (χ1n) is 6.93. The Morgan fingerprint density at radius 2 is 1.38 bits per heavy atom. The fourth-order valence-corrected chi connectivity index (χ4v) is 3.00. The number of rotatable bonds is 2. The minimum atomic E-state index is -0.149. The van der Waals surface area contributed by atoms with Gasteiger partial charge in [-0.05, 0) is 29.3 Å². The zero-order valence-corrected chi connectivity index (χ0v) is 12.0. The summed E-state index contributed by atoms with van der Waals surface area (Å²) in [5, 5.41) is 2.10. The average Bonchev–Trinajstić information content (AvgIpc) is 2.93. The summed E-state index contributed by atoms with van der Waals surface area (Å²) in [6, 6.07) is 24.4. The third kappa shape index (κ3) is 2.10. The Kier molecular flexibility index (Phi) is 2.94. The van der Waals surface area contributed by atoms with E-state index >= 15 is 0 Å². The highest BCUT2D eigenvalue weighted by Gasteiger charge is 2.13. The second-order valence-electron chi connectivity index (χ2n) is 5.13. The SMILES string of the molecule is ClC(c1ccccc1)c1ccc2oc3ccccc3c2c1. The first kappa shape index (κ1) is 12.5. The molecule has 0 spiro atoms. The molecule has 21 heavy (non-hydrogen) atoms. The molecule has 1 nitrogen and oxygen atoms in total. The largest absolute Gasteiger partial charge is 0.456 e. The number of para-hydroxylation sites is 1. The van der Waals surface area contributed by atoms with Crippen LogP contribution in [0.15, 0.2) is 77.2 Å². The van der Waals surface area contributed by atoms with Crippen molar-refractivity contribution in [1.29, 1.82) is 0 Å². The summed E-state index contributed by atoms with van der Waals surface area (Å²) >= 11 is 6.62. The monoisotopic (exact) mass is 292 g/mol. The van der Waals surface area contributed by atoms with Gasteiger partial charge in [-0.3, -0.25) is 0 Å². The molecule has 0 aliphatic carbocycles. The number of hydrogen-bond donors (Lipinski definition) is 0. The molecular weight excluding hydrogens is 280 g/mol. The van der Waals surface area contributed by atoms with Gasteiger partial charge in [-0.1, -0.05) is 54.6 Å². The highest BCUT2D eigenvalue weighted by Crippen LogP contribution is 2.34. The lowest BCUT2D eigenvalue weighted by atomic mass is 10.0. The van der Waals surface area contributed by atoms with Crippen molar-refractivity contribution in [3.8, 4) is 0 Å². The Bertz CT molecular complexity index is 909. The molecule has 1 heterocycles. The van der Waals surface area contributed by atoms with Gasteiger partial charge in [-0.15, -0.1) is 11.6 Å². The van der Waals surface area contributed by atoms with Gasteiger partial charge in [0.25, 0.3) is 0 Å². The van der Waals surface area contributed by atoms with E-state index in [1.165, 1.54) is 0 Å². The van der Waals surface area contributed by atoms with Crippen molar-refractivity contribution in [2.75, 3.05) is 0 Å². The molecule has 4 rings (SSSR count). The van der Waals surface area contributed by atoms with Crippen molar-refractivity contribution < 1.29 is 4.42 Å². The molecule has 102 valence electrons. The van der Waals surface area contributed by atoms with Crippen molar-refractivity contribution in [2.24, 2.45) is 0 Å². The molecule has 0 radical (unpaired) electrons. The molecule has 0 aliphatic rings. The van der Waals surface area contributed by atoms with E-state index in [2.05, 4.69) is 24.3 Å². The van der Waals surface area contributed by atoms with E-state index < -0.39 is 0 Å². The quantitative estimate of drug-likeness (QED) is 0.418. The predicted octanol–water partition coefficient (Wildman–Crippen LogP) is 5.91. The van der Waals surface area contributed by atoms with E-state index in [0.717, 1.165) is 33.1 Å². The number of fused-ring (bicyclic) bond motifs is 3. The van der Waals surface area contributed by atoms with Crippen LogP contribution in [0.4, 0.5) is 0 Å². The van der Waals surface area contributed by atoms with Gasteiger partial charge in [-0.25, -0.2) is 0 Å². The van der Waals surface area contributed by atoms with Crippen LogP contribution in [0.1, 0.15) is 16.5 Å². The molecule has 1 aromatic heterocycles. The lowest BCUT2D eigenvalue weighted by molar-refractivity contribution is 0.669. The van der Waals surface area contributed by atoms with Crippen LogP contribution in [0.5, 0.6) is 0 Å². The van der Waals surface area contributed by atoms with Crippen LogP contribution in [-0.4, -0.2) is 0 Å². The van der Waals surface area contributed by atoms with Gasteiger partial charge in [0.05, 0.1) is 5.38 Å². The molecule has 0 amide bonds. The van der Waals surface area contributed by atoms with Crippen LogP contribution >= 0.6 is 11.6 Å². The minimum absolute atomic E-state index is 0.149. The lowest BCUT2D eigenvalue weighted by Gasteiger charge is -2.10. The highest BCUT2D eigenvalue weighted by molar-refractivity contribution is 6.23. The molecule has 0 N–H and O–H groups in total. The van der Waals surface area contributed by atoms with Crippen molar-refractivity contribution in [1.82, 2.24) is 0 Å². The number of benzene rings is 3. The highest BCUT2D eigenvalue weighted by atomic mass is 35.5. The van der Waals surface area contributed by atoms with Gasteiger partial charge >= 0.3 is 0 Å². The summed E-state index contributed by atoms with van der Waals surface area (Å²) in [6.45, 7) is 0. The number of furan rings is 1. The maximum Gasteiger partial charge on any atom is 0.135 e. The fraction of sp³-hybridized carbons (Fsp3) is 0.0526. The van der Waals surface area contributed by atoms with Crippen molar-refractivity contribution in [2.45, 2.75) is 5.38 Å². The lowest BCUT2D eigenvalue weighted by Crippen LogP contribution is -1.92. The van der Waals surface area contributed by atoms with E-state index in [9.17, 15) is 0 Å². The Morgan fingerprint density at radius 1 is 0.667 bits per heavy atom. The molecule has 1 unspecified atom stereocenters. The third-order valence-electron chi connectivity index (χ3n) is 3.79. The normalized spacial score (nSPS) is 12.8. The number of alkyl halides is 1. The van der Waals surface area contributed by atoms with Crippen LogP contribution in [0.3, 0.4) is 0 Å². The second kappa shape index (κ2) is 4.94. The van der Waals surface area contributed by atoms with Crippen molar-refractivity contribution in [3.63, 3.8) is 0 Å². The number of hydrogen-bond acceptors (Lipinski definition) is 1. The molecule has 0 aliphatic heterocycles.